The van der Waals surface area contributed by atoms with Crippen LogP contribution in [0.3, 0.4) is 0 Å². The lowest BCUT2D eigenvalue weighted by molar-refractivity contribution is 0.350. The fourth-order valence-corrected chi connectivity index (χ4v) is 2.41. The van der Waals surface area contributed by atoms with Crippen LogP contribution in [0.25, 0.3) is 0 Å². The summed E-state index contributed by atoms with van der Waals surface area (Å²) in [5, 5.41) is 9.00. The average molecular weight is 304 g/mol. The lowest BCUT2D eigenvalue weighted by Gasteiger charge is -2.04. The van der Waals surface area contributed by atoms with Crippen LogP contribution in [0.4, 0.5) is 16.0 Å². The summed E-state index contributed by atoms with van der Waals surface area (Å²) in [4.78, 5) is 8.03. The molecule has 5 nitrogen and oxygen atoms in total. The average Bonchev–Trinajstić information content (AvgIpc) is 2.43. The number of halogens is 1. The van der Waals surface area contributed by atoms with Gasteiger partial charge < -0.3 is 16.6 Å². The van der Waals surface area contributed by atoms with E-state index in [1.807, 2.05) is 0 Å². The Hall–Kier alpha value is -2.30. The van der Waals surface area contributed by atoms with Gasteiger partial charge in [0.25, 0.3) is 0 Å². The highest BCUT2D eigenvalue weighted by molar-refractivity contribution is 7.98. The standard InChI is InChI=1S/C14H13FN4OS/c15-11-6-9(2-1-5-20)3-4-10(11)8-21-14-18-12(16)7-13(17)19-14/h3-4,6-7,20H,5,8H2,(H4,16,17,18,19). The van der Waals surface area contributed by atoms with Gasteiger partial charge >= 0.3 is 0 Å². The van der Waals surface area contributed by atoms with Crippen molar-refractivity contribution in [3.8, 4) is 11.8 Å². The Morgan fingerprint density at radius 1 is 1.19 bits per heavy atom. The van der Waals surface area contributed by atoms with Crippen molar-refractivity contribution in [2.45, 2.75) is 10.9 Å². The minimum Gasteiger partial charge on any atom is -0.384 e. The molecule has 0 aliphatic carbocycles. The van der Waals surface area contributed by atoms with E-state index in [0.717, 1.165) is 0 Å². The minimum atomic E-state index is -0.371. The Kier molecular flexibility index (Phi) is 4.98. The summed E-state index contributed by atoms with van der Waals surface area (Å²) in [6.07, 6.45) is 0. The SMILES string of the molecule is Nc1cc(N)nc(SCc2ccc(C#CCO)cc2F)n1. The maximum absolute atomic E-state index is 13.9. The Balaban J connectivity index is 2.09. The zero-order chi connectivity index (χ0) is 15.2. The van der Waals surface area contributed by atoms with Gasteiger partial charge in [-0.15, -0.1) is 0 Å². The smallest absolute Gasteiger partial charge is 0.191 e. The fourth-order valence-electron chi connectivity index (χ4n) is 1.55. The van der Waals surface area contributed by atoms with Crippen LogP contribution in [0.5, 0.6) is 0 Å². The normalized spacial score (nSPS) is 10.0. The number of hydrogen-bond acceptors (Lipinski definition) is 6. The Labute approximate surface area is 125 Å². The van der Waals surface area contributed by atoms with Crippen LogP contribution >= 0.6 is 11.8 Å². The number of thioether (sulfide) groups is 1. The van der Waals surface area contributed by atoms with Crippen molar-refractivity contribution in [2.24, 2.45) is 0 Å². The quantitative estimate of drug-likeness (QED) is 0.451. The van der Waals surface area contributed by atoms with Crippen LogP contribution in [-0.4, -0.2) is 21.7 Å². The zero-order valence-electron chi connectivity index (χ0n) is 11.0. The maximum atomic E-state index is 13.9. The molecule has 1 aromatic carbocycles. The molecule has 0 spiro atoms. The second-order valence-corrected chi connectivity index (χ2v) is 5.00. The molecule has 0 amide bonds. The molecule has 2 aromatic rings. The largest absolute Gasteiger partial charge is 0.384 e. The fraction of sp³-hybridized carbons (Fsp3) is 0.143. The van der Waals surface area contributed by atoms with E-state index < -0.39 is 0 Å². The van der Waals surface area contributed by atoms with E-state index >= 15 is 0 Å². The highest BCUT2D eigenvalue weighted by Crippen LogP contribution is 2.23. The van der Waals surface area contributed by atoms with E-state index in [1.54, 1.807) is 12.1 Å². The van der Waals surface area contributed by atoms with Gasteiger partial charge in [-0.1, -0.05) is 29.7 Å². The predicted molar refractivity (Wildman–Crippen MR) is 80.8 cm³/mol. The van der Waals surface area contributed by atoms with Crippen molar-refractivity contribution in [1.29, 1.82) is 0 Å². The number of anilines is 2. The highest BCUT2D eigenvalue weighted by Gasteiger charge is 2.06. The van der Waals surface area contributed by atoms with E-state index in [1.165, 1.54) is 23.9 Å². The predicted octanol–water partition coefficient (Wildman–Crippen LogP) is 1.42. The molecule has 1 heterocycles. The Morgan fingerprint density at radius 2 is 1.90 bits per heavy atom. The summed E-state index contributed by atoms with van der Waals surface area (Å²) in [6.45, 7) is -0.257. The number of nitrogens with two attached hydrogens (primary N) is 2. The lowest BCUT2D eigenvalue weighted by Crippen LogP contribution is -1.99. The molecule has 0 bridgehead atoms. The molecule has 5 N–H and O–H groups in total. The highest BCUT2D eigenvalue weighted by atomic mass is 32.2. The summed E-state index contributed by atoms with van der Waals surface area (Å²) in [5.74, 6) is 5.65. The minimum absolute atomic E-state index is 0.257. The summed E-state index contributed by atoms with van der Waals surface area (Å²) >= 11 is 1.24. The van der Waals surface area contributed by atoms with Crippen LogP contribution in [-0.2, 0) is 5.75 Å². The molecule has 21 heavy (non-hydrogen) atoms. The third kappa shape index (κ3) is 4.34. The molecular formula is C14H13FN4OS. The monoisotopic (exact) mass is 304 g/mol. The van der Waals surface area contributed by atoms with E-state index in [4.69, 9.17) is 16.6 Å². The van der Waals surface area contributed by atoms with Crippen molar-refractivity contribution >= 4 is 23.4 Å². The van der Waals surface area contributed by atoms with Gasteiger partial charge in [-0.25, -0.2) is 14.4 Å². The lowest BCUT2D eigenvalue weighted by atomic mass is 10.1. The Morgan fingerprint density at radius 3 is 2.52 bits per heavy atom. The molecule has 0 saturated carbocycles. The van der Waals surface area contributed by atoms with Crippen LogP contribution in [0.15, 0.2) is 29.4 Å². The molecule has 0 unspecified atom stereocenters. The summed E-state index contributed by atoms with van der Waals surface area (Å²) in [5.41, 5.74) is 12.2. The van der Waals surface area contributed by atoms with E-state index in [-0.39, 0.29) is 24.1 Å². The number of benzene rings is 1. The number of nitrogens with zero attached hydrogens (tertiary/aromatic N) is 2. The zero-order valence-corrected chi connectivity index (χ0v) is 11.8. The number of rotatable bonds is 3. The van der Waals surface area contributed by atoms with E-state index in [0.29, 0.717) is 22.0 Å². The van der Waals surface area contributed by atoms with Gasteiger partial charge in [-0.05, 0) is 17.7 Å². The summed E-state index contributed by atoms with van der Waals surface area (Å²) in [6, 6.07) is 6.11. The van der Waals surface area contributed by atoms with Crippen LogP contribution in [0.1, 0.15) is 11.1 Å². The third-order valence-electron chi connectivity index (χ3n) is 2.47. The first-order valence-corrected chi connectivity index (χ1v) is 6.98. The first-order chi connectivity index (χ1) is 10.1. The first kappa shape index (κ1) is 15.1. The third-order valence-corrected chi connectivity index (χ3v) is 3.36. The molecule has 0 fully saturated rings. The summed E-state index contributed by atoms with van der Waals surface area (Å²) < 4.78 is 13.9. The van der Waals surface area contributed by atoms with Crippen molar-refractivity contribution in [3.63, 3.8) is 0 Å². The summed E-state index contributed by atoms with van der Waals surface area (Å²) in [7, 11) is 0. The van der Waals surface area contributed by atoms with Crippen LogP contribution < -0.4 is 11.5 Å². The van der Waals surface area contributed by atoms with Crippen LogP contribution in [0, 0.1) is 17.7 Å². The topological polar surface area (TPSA) is 98.1 Å². The van der Waals surface area contributed by atoms with Gasteiger partial charge in [0.15, 0.2) is 5.16 Å². The molecule has 2 rings (SSSR count). The number of hydrogen-bond donors (Lipinski definition) is 3. The second kappa shape index (κ2) is 6.92. The number of nitrogen functional groups attached to an aromatic ring is 2. The van der Waals surface area contributed by atoms with Crippen molar-refractivity contribution in [2.75, 3.05) is 18.1 Å². The molecule has 0 atom stereocenters. The molecule has 108 valence electrons. The number of aliphatic hydroxyl groups excluding tert-OH is 1. The van der Waals surface area contributed by atoms with Crippen LogP contribution in [0.2, 0.25) is 0 Å². The Bertz CT molecular complexity index is 692. The number of aromatic nitrogens is 2. The van der Waals surface area contributed by atoms with Gasteiger partial charge in [0.05, 0.1) is 0 Å². The van der Waals surface area contributed by atoms with Gasteiger partial charge in [-0.2, -0.15) is 0 Å². The van der Waals surface area contributed by atoms with Gasteiger partial charge in [-0.3, -0.25) is 0 Å². The maximum Gasteiger partial charge on any atom is 0.191 e. The van der Waals surface area contributed by atoms with E-state index in [2.05, 4.69) is 21.8 Å². The van der Waals surface area contributed by atoms with Crippen molar-refractivity contribution in [3.05, 3.63) is 41.2 Å². The van der Waals surface area contributed by atoms with Gasteiger partial charge in [0.2, 0.25) is 0 Å². The van der Waals surface area contributed by atoms with Crippen molar-refractivity contribution in [1.82, 2.24) is 9.97 Å². The van der Waals surface area contributed by atoms with Crippen molar-refractivity contribution < 1.29 is 9.50 Å². The molecule has 0 aliphatic heterocycles. The molecular weight excluding hydrogens is 291 g/mol. The number of aliphatic hydroxyl groups is 1. The van der Waals surface area contributed by atoms with Gasteiger partial charge in [0, 0.05) is 17.4 Å². The molecule has 1 aromatic heterocycles. The van der Waals surface area contributed by atoms with Gasteiger partial charge in [0.1, 0.15) is 24.1 Å². The molecule has 0 radical (unpaired) electrons. The first-order valence-electron chi connectivity index (χ1n) is 5.99. The molecule has 0 aliphatic rings. The second-order valence-electron chi connectivity index (χ2n) is 4.06. The molecule has 7 heteroatoms. The van der Waals surface area contributed by atoms with E-state index in [9.17, 15) is 4.39 Å². The molecule has 0 saturated heterocycles.